The van der Waals surface area contributed by atoms with E-state index in [9.17, 15) is 4.79 Å². The second-order valence-electron chi connectivity index (χ2n) is 3.79. The highest BCUT2D eigenvalue weighted by Gasteiger charge is 2.05. The summed E-state index contributed by atoms with van der Waals surface area (Å²) in [6.07, 6.45) is 0. The molecule has 88 valence electrons. The van der Waals surface area contributed by atoms with E-state index < -0.39 is 0 Å². The molecular weight excluding hydrogens is 224 g/mol. The van der Waals surface area contributed by atoms with Crippen molar-refractivity contribution in [3.8, 4) is 17.2 Å². The van der Waals surface area contributed by atoms with Gasteiger partial charge in [0.25, 0.3) is 5.91 Å². The number of benzene rings is 2. The van der Waals surface area contributed by atoms with Gasteiger partial charge < -0.3 is 5.32 Å². The van der Waals surface area contributed by atoms with Gasteiger partial charge in [-0.1, -0.05) is 42.5 Å². The van der Waals surface area contributed by atoms with Crippen LogP contribution in [0.3, 0.4) is 0 Å². The quantitative estimate of drug-likeness (QED) is 0.833. The van der Waals surface area contributed by atoms with E-state index in [1.807, 2.05) is 54.6 Å². The monoisotopic (exact) mass is 236 g/mol. The zero-order valence-corrected chi connectivity index (χ0v) is 9.76. The van der Waals surface area contributed by atoms with Gasteiger partial charge in [-0.2, -0.15) is 5.26 Å². The van der Waals surface area contributed by atoms with Gasteiger partial charge in [-0.3, -0.25) is 4.79 Å². The lowest BCUT2D eigenvalue weighted by Crippen LogP contribution is -2.23. The summed E-state index contributed by atoms with van der Waals surface area (Å²) < 4.78 is 0. The number of amides is 1. The number of nitrogens with zero attached hydrogens (tertiary/aromatic N) is 1. The number of nitrogens with one attached hydrogen (secondary N) is 1. The molecule has 2 aromatic rings. The summed E-state index contributed by atoms with van der Waals surface area (Å²) in [7, 11) is 0. The maximum Gasteiger partial charge on any atom is 0.252 e. The predicted octanol–water partition coefficient (Wildman–Crippen LogP) is 2.61. The van der Waals surface area contributed by atoms with E-state index in [2.05, 4.69) is 5.32 Å². The highest BCUT2D eigenvalue weighted by molar-refractivity contribution is 5.95. The molecule has 0 saturated heterocycles. The molecule has 0 heterocycles. The van der Waals surface area contributed by atoms with E-state index in [-0.39, 0.29) is 12.5 Å². The first-order valence-electron chi connectivity index (χ1n) is 5.62. The smallest absolute Gasteiger partial charge is 0.252 e. The molecule has 0 radical (unpaired) electrons. The van der Waals surface area contributed by atoms with Gasteiger partial charge >= 0.3 is 0 Å². The molecule has 0 bridgehead atoms. The largest absolute Gasteiger partial charge is 0.339 e. The van der Waals surface area contributed by atoms with Crippen LogP contribution in [0.15, 0.2) is 54.6 Å². The summed E-state index contributed by atoms with van der Waals surface area (Å²) in [5.41, 5.74) is 2.61. The standard InChI is InChI=1S/C15H12N2O/c16-9-10-17-15(18)14-8-4-7-13(11-14)12-5-2-1-3-6-12/h1-8,11H,10H2,(H,17,18). The van der Waals surface area contributed by atoms with Crippen molar-refractivity contribution >= 4 is 5.91 Å². The maximum atomic E-state index is 11.7. The zero-order chi connectivity index (χ0) is 12.8. The molecule has 0 unspecified atom stereocenters. The van der Waals surface area contributed by atoms with Crippen LogP contribution in [-0.2, 0) is 0 Å². The van der Waals surface area contributed by atoms with Crippen molar-refractivity contribution in [1.29, 1.82) is 5.26 Å². The first kappa shape index (κ1) is 11.9. The Morgan fingerprint density at radius 2 is 1.78 bits per heavy atom. The third kappa shape index (κ3) is 2.74. The fourth-order valence-corrected chi connectivity index (χ4v) is 1.69. The molecule has 2 rings (SSSR count). The minimum atomic E-state index is -0.227. The van der Waals surface area contributed by atoms with Crippen molar-refractivity contribution in [2.75, 3.05) is 6.54 Å². The van der Waals surface area contributed by atoms with E-state index in [1.54, 1.807) is 6.07 Å². The van der Waals surface area contributed by atoms with Gasteiger partial charge in [-0.05, 0) is 23.3 Å². The number of hydrogen-bond donors (Lipinski definition) is 1. The third-order valence-electron chi connectivity index (χ3n) is 2.56. The Morgan fingerprint density at radius 3 is 2.50 bits per heavy atom. The van der Waals surface area contributed by atoms with E-state index in [0.717, 1.165) is 11.1 Å². The van der Waals surface area contributed by atoms with Crippen molar-refractivity contribution in [1.82, 2.24) is 5.32 Å². The molecular formula is C15H12N2O. The molecule has 0 aromatic heterocycles. The molecule has 18 heavy (non-hydrogen) atoms. The summed E-state index contributed by atoms with van der Waals surface area (Å²) in [6.45, 7) is 0.0222. The summed E-state index contributed by atoms with van der Waals surface area (Å²) in [5, 5.41) is 11.0. The highest BCUT2D eigenvalue weighted by Crippen LogP contribution is 2.19. The normalized spacial score (nSPS) is 9.50. The second kappa shape index (κ2) is 5.65. The molecule has 3 heteroatoms. The number of nitriles is 1. The van der Waals surface area contributed by atoms with E-state index in [1.165, 1.54) is 0 Å². The van der Waals surface area contributed by atoms with Crippen molar-refractivity contribution in [3.05, 3.63) is 60.2 Å². The Bertz CT molecular complexity index is 585. The third-order valence-corrected chi connectivity index (χ3v) is 2.56. The average Bonchev–Trinajstić information content (AvgIpc) is 2.46. The van der Waals surface area contributed by atoms with Crippen molar-refractivity contribution in [2.24, 2.45) is 0 Å². The van der Waals surface area contributed by atoms with Crippen LogP contribution in [0.25, 0.3) is 11.1 Å². The van der Waals surface area contributed by atoms with Gasteiger partial charge in [0, 0.05) is 5.56 Å². The van der Waals surface area contributed by atoms with Crippen molar-refractivity contribution in [2.45, 2.75) is 0 Å². The number of carbonyl (C=O) groups is 1. The molecule has 0 atom stereocenters. The lowest BCUT2D eigenvalue weighted by Gasteiger charge is -2.05. The van der Waals surface area contributed by atoms with E-state index in [4.69, 9.17) is 5.26 Å². The van der Waals surface area contributed by atoms with Gasteiger partial charge in [0.15, 0.2) is 0 Å². The van der Waals surface area contributed by atoms with Crippen LogP contribution >= 0.6 is 0 Å². The minimum absolute atomic E-state index is 0.0222. The van der Waals surface area contributed by atoms with Crippen LogP contribution in [0.1, 0.15) is 10.4 Å². The zero-order valence-electron chi connectivity index (χ0n) is 9.76. The van der Waals surface area contributed by atoms with E-state index >= 15 is 0 Å². The number of hydrogen-bond acceptors (Lipinski definition) is 2. The van der Waals surface area contributed by atoms with Gasteiger partial charge in [0.05, 0.1) is 6.07 Å². The molecule has 3 nitrogen and oxygen atoms in total. The fourth-order valence-electron chi connectivity index (χ4n) is 1.69. The Balaban J connectivity index is 2.26. The van der Waals surface area contributed by atoms with Crippen molar-refractivity contribution in [3.63, 3.8) is 0 Å². The summed E-state index contributed by atoms with van der Waals surface area (Å²) in [5.74, 6) is -0.227. The van der Waals surface area contributed by atoms with Crippen molar-refractivity contribution < 1.29 is 4.79 Å². The predicted molar refractivity (Wildman–Crippen MR) is 69.8 cm³/mol. The molecule has 2 aromatic carbocycles. The van der Waals surface area contributed by atoms with E-state index in [0.29, 0.717) is 5.56 Å². The van der Waals surface area contributed by atoms with Crippen LogP contribution in [-0.4, -0.2) is 12.5 Å². The number of carbonyl (C=O) groups excluding carboxylic acids is 1. The molecule has 1 N–H and O–H groups in total. The summed E-state index contributed by atoms with van der Waals surface area (Å²) >= 11 is 0. The maximum absolute atomic E-state index is 11.7. The van der Waals surface area contributed by atoms with Crippen LogP contribution < -0.4 is 5.32 Å². The molecule has 0 aliphatic heterocycles. The fraction of sp³-hybridized carbons (Fsp3) is 0.0667. The van der Waals surface area contributed by atoms with Crippen LogP contribution in [0.2, 0.25) is 0 Å². The van der Waals surface area contributed by atoms with Gasteiger partial charge in [-0.15, -0.1) is 0 Å². The Morgan fingerprint density at radius 1 is 1.06 bits per heavy atom. The minimum Gasteiger partial charge on any atom is -0.339 e. The Labute approximate surface area is 106 Å². The molecule has 0 spiro atoms. The Kier molecular flexibility index (Phi) is 3.72. The molecule has 0 saturated carbocycles. The summed E-state index contributed by atoms with van der Waals surface area (Å²) in [4.78, 5) is 11.7. The second-order valence-corrected chi connectivity index (χ2v) is 3.79. The molecule has 1 amide bonds. The average molecular weight is 236 g/mol. The first-order chi connectivity index (χ1) is 8.81. The topological polar surface area (TPSA) is 52.9 Å². The lowest BCUT2D eigenvalue weighted by atomic mass is 10.0. The van der Waals surface area contributed by atoms with Gasteiger partial charge in [0.2, 0.25) is 0 Å². The Hall–Kier alpha value is -2.60. The molecule has 0 aliphatic rings. The highest BCUT2D eigenvalue weighted by atomic mass is 16.1. The van der Waals surface area contributed by atoms with Crippen LogP contribution in [0, 0.1) is 11.3 Å². The van der Waals surface area contributed by atoms with Gasteiger partial charge in [0.1, 0.15) is 6.54 Å². The van der Waals surface area contributed by atoms with Gasteiger partial charge in [-0.25, -0.2) is 0 Å². The van der Waals surface area contributed by atoms with Crippen LogP contribution in [0.5, 0.6) is 0 Å². The number of rotatable bonds is 3. The summed E-state index contributed by atoms with van der Waals surface area (Å²) in [6, 6.07) is 19.1. The molecule has 0 aliphatic carbocycles. The van der Waals surface area contributed by atoms with Crippen LogP contribution in [0.4, 0.5) is 0 Å². The molecule has 0 fully saturated rings. The SMILES string of the molecule is N#CCNC(=O)c1cccc(-c2ccccc2)c1. The first-order valence-corrected chi connectivity index (χ1v) is 5.62. The lowest BCUT2D eigenvalue weighted by molar-refractivity contribution is 0.0958.